The van der Waals surface area contributed by atoms with E-state index in [1.54, 1.807) is 18.9 Å². The second-order valence-electron chi connectivity index (χ2n) is 6.37. The summed E-state index contributed by atoms with van der Waals surface area (Å²) in [6.07, 6.45) is 1.05. The number of rotatable bonds is 5. The SMILES string of the molecule is CC(O)CCN(C)C(=O)Nc1nc(CC(C)(C)C)cs1. The van der Waals surface area contributed by atoms with Crippen molar-refractivity contribution < 1.29 is 9.90 Å². The van der Waals surface area contributed by atoms with E-state index >= 15 is 0 Å². The van der Waals surface area contributed by atoms with Crippen LogP contribution in [0.2, 0.25) is 0 Å². The van der Waals surface area contributed by atoms with Gasteiger partial charge in [0.25, 0.3) is 0 Å². The molecule has 1 unspecified atom stereocenters. The van der Waals surface area contributed by atoms with E-state index in [0.29, 0.717) is 18.1 Å². The summed E-state index contributed by atoms with van der Waals surface area (Å²) in [6.45, 7) is 8.71. The second kappa shape index (κ2) is 7.04. The summed E-state index contributed by atoms with van der Waals surface area (Å²) in [5.74, 6) is 0. The van der Waals surface area contributed by atoms with Crippen molar-refractivity contribution in [3.05, 3.63) is 11.1 Å². The van der Waals surface area contributed by atoms with E-state index in [1.807, 2.05) is 5.38 Å². The van der Waals surface area contributed by atoms with Crippen molar-refractivity contribution >= 4 is 22.5 Å². The molecule has 0 bridgehead atoms. The zero-order valence-electron chi connectivity index (χ0n) is 12.9. The standard InChI is InChI=1S/C14H25N3O2S/c1-10(18)6-7-17(5)13(19)16-12-15-11(9-20-12)8-14(2,3)4/h9-10,18H,6-8H2,1-5H3,(H,15,16,19). The lowest BCUT2D eigenvalue weighted by Crippen LogP contribution is -2.33. The lowest BCUT2D eigenvalue weighted by Gasteiger charge is -2.17. The van der Waals surface area contributed by atoms with Gasteiger partial charge < -0.3 is 10.0 Å². The van der Waals surface area contributed by atoms with Crippen LogP contribution in [0.25, 0.3) is 0 Å². The smallest absolute Gasteiger partial charge is 0.323 e. The highest BCUT2D eigenvalue weighted by atomic mass is 32.1. The highest BCUT2D eigenvalue weighted by molar-refractivity contribution is 7.13. The van der Waals surface area contributed by atoms with Crippen molar-refractivity contribution in [1.29, 1.82) is 0 Å². The number of hydrogen-bond donors (Lipinski definition) is 2. The van der Waals surface area contributed by atoms with Crippen LogP contribution in [-0.4, -0.2) is 40.7 Å². The summed E-state index contributed by atoms with van der Waals surface area (Å²) in [6, 6.07) is -0.192. The van der Waals surface area contributed by atoms with Gasteiger partial charge in [-0.15, -0.1) is 11.3 Å². The zero-order chi connectivity index (χ0) is 15.3. The first-order valence-electron chi connectivity index (χ1n) is 6.82. The molecule has 0 aliphatic carbocycles. The van der Waals surface area contributed by atoms with Crippen molar-refractivity contribution in [3.63, 3.8) is 0 Å². The lowest BCUT2D eigenvalue weighted by molar-refractivity contribution is 0.167. The first kappa shape index (κ1) is 16.9. The normalized spacial score (nSPS) is 13.1. The number of nitrogens with zero attached hydrogens (tertiary/aromatic N) is 2. The third-order valence-corrected chi connectivity index (χ3v) is 3.51. The Hall–Kier alpha value is -1.14. The maximum atomic E-state index is 11.9. The van der Waals surface area contributed by atoms with E-state index in [-0.39, 0.29) is 11.4 Å². The van der Waals surface area contributed by atoms with E-state index in [2.05, 4.69) is 31.1 Å². The van der Waals surface area contributed by atoms with E-state index in [1.165, 1.54) is 11.3 Å². The van der Waals surface area contributed by atoms with E-state index in [4.69, 9.17) is 0 Å². The minimum atomic E-state index is -0.400. The number of aliphatic hydroxyl groups is 1. The molecule has 0 aliphatic rings. The van der Waals surface area contributed by atoms with Gasteiger partial charge in [0, 0.05) is 19.0 Å². The van der Waals surface area contributed by atoms with Gasteiger partial charge in [-0.2, -0.15) is 0 Å². The third kappa shape index (κ3) is 6.34. The van der Waals surface area contributed by atoms with Gasteiger partial charge in [-0.25, -0.2) is 9.78 Å². The van der Waals surface area contributed by atoms with Gasteiger partial charge in [0.1, 0.15) is 0 Å². The number of hydrogen-bond acceptors (Lipinski definition) is 4. The van der Waals surface area contributed by atoms with Crippen LogP contribution in [-0.2, 0) is 6.42 Å². The predicted octanol–water partition coefficient (Wildman–Crippen LogP) is 2.97. The van der Waals surface area contributed by atoms with Gasteiger partial charge >= 0.3 is 6.03 Å². The fourth-order valence-electron chi connectivity index (χ4n) is 1.66. The Balaban J connectivity index is 2.50. The summed E-state index contributed by atoms with van der Waals surface area (Å²) in [5.41, 5.74) is 1.19. The number of aromatic nitrogens is 1. The number of carbonyl (C=O) groups is 1. The molecule has 0 spiro atoms. The van der Waals surface area contributed by atoms with E-state index in [0.717, 1.165) is 12.1 Å². The summed E-state index contributed by atoms with van der Waals surface area (Å²) in [4.78, 5) is 17.9. The quantitative estimate of drug-likeness (QED) is 0.878. The number of urea groups is 1. The summed E-state index contributed by atoms with van der Waals surface area (Å²) < 4.78 is 0. The molecule has 2 N–H and O–H groups in total. The molecule has 0 aliphatic heterocycles. The van der Waals surface area contributed by atoms with Gasteiger partial charge in [0.15, 0.2) is 5.13 Å². The fraction of sp³-hybridized carbons (Fsp3) is 0.714. The molecular formula is C14H25N3O2S. The molecule has 1 aromatic heterocycles. The van der Waals surface area contributed by atoms with Crippen molar-refractivity contribution in [3.8, 4) is 0 Å². The van der Waals surface area contributed by atoms with Crippen LogP contribution in [0.3, 0.4) is 0 Å². The molecule has 20 heavy (non-hydrogen) atoms. The molecular weight excluding hydrogens is 274 g/mol. The second-order valence-corrected chi connectivity index (χ2v) is 7.23. The Labute approximate surface area is 125 Å². The van der Waals surface area contributed by atoms with Crippen LogP contribution >= 0.6 is 11.3 Å². The van der Waals surface area contributed by atoms with E-state index < -0.39 is 6.10 Å². The number of aliphatic hydroxyl groups excluding tert-OH is 1. The average Bonchev–Trinajstić information content (AvgIpc) is 2.70. The molecule has 6 heteroatoms. The largest absolute Gasteiger partial charge is 0.393 e. The Bertz CT molecular complexity index is 438. The van der Waals surface area contributed by atoms with Gasteiger partial charge in [-0.3, -0.25) is 5.32 Å². The van der Waals surface area contributed by atoms with Crippen LogP contribution < -0.4 is 5.32 Å². The van der Waals surface area contributed by atoms with Crippen LogP contribution in [0.5, 0.6) is 0 Å². The van der Waals surface area contributed by atoms with Gasteiger partial charge in [-0.1, -0.05) is 20.8 Å². The maximum absolute atomic E-state index is 11.9. The zero-order valence-corrected chi connectivity index (χ0v) is 13.8. The topological polar surface area (TPSA) is 65.5 Å². The highest BCUT2D eigenvalue weighted by Gasteiger charge is 2.15. The maximum Gasteiger partial charge on any atom is 0.323 e. The Morgan fingerprint density at radius 2 is 2.20 bits per heavy atom. The molecule has 1 atom stereocenters. The lowest BCUT2D eigenvalue weighted by atomic mass is 9.91. The third-order valence-electron chi connectivity index (χ3n) is 2.71. The first-order valence-corrected chi connectivity index (χ1v) is 7.70. The summed E-state index contributed by atoms with van der Waals surface area (Å²) in [5, 5.41) is 14.6. The summed E-state index contributed by atoms with van der Waals surface area (Å²) in [7, 11) is 1.71. The number of anilines is 1. The molecule has 1 rings (SSSR count). The molecule has 114 valence electrons. The number of nitrogens with one attached hydrogen (secondary N) is 1. The molecule has 1 aromatic rings. The Morgan fingerprint density at radius 3 is 2.75 bits per heavy atom. The molecule has 1 heterocycles. The molecule has 0 saturated carbocycles. The van der Waals surface area contributed by atoms with Crippen LogP contribution in [0.4, 0.5) is 9.93 Å². The monoisotopic (exact) mass is 299 g/mol. The minimum absolute atomic E-state index is 0.184. The Morgan fingerprint density at radius 1 is 1.55 bits per heavy atom. The molecule has 2 amide bonds. The van der Waals surface area contributed by atoms with Crippen LogP contribution in [0.15, 0.2) is 5.38 Å². The van der Waals surface area contributed by atoms with Crippen molar-refractivity contribution in [2.75, 3.05) is 18.9 Å². The van der Waals surface area contributed by atoms with E-state index in [9.17, 15) is 9.90 Å². The molecule has 0 saturated heterocycles. The number of carbonyl (C=O) groups excluding carboxylic acids is 1. The average molecular weight is 299 g/mol. The molecule has 0 radical (unpaired) electrons. The fourth-order valence-corrected chi connectivity index (χ4v) is 2.36. The van der Waals surface area contributed by atoms with Crippen LogP contribution in [0.1, 0.15) is 39.8 Å². The van der Waals surface area contributed by atoms with Gasteiger partial charge in [0.2, 0.25) is 0 Å². The molecule has 0 fully saturated rings. The van der Waals surface area contributed by atoms with Gasteiger partial charge in [-0.05, 0) is 25.2 Å². The first-order chi connectivity index (χ1) is 9.17. The van der Waals surface area contributed by atoms with Gasteiger partial charge in [0.05, 0.1) is 11.8 Å². The van der Waals surface area contributed by atoms with Crippen molar-refractivity contribution in [1.82, 2.24) is 9.88 Å². The predicted molar refractivity (Wildman–Crippen MR) is 83.2 cm³/mol. The Kier molecular flexibility index (Phi) is 5.95. The molecule has 5 nitrogen and oxygen atoms in total. The highest BCUT2D eigenvalue weighted by Crippen LogP contribution is 2.24. The van der Waals surface area contributed by atoms with Crippen molar-refractivity contribution in [2.24, 2.45) is 5.41 Å². The minimum Gasteiger partial charge on any atom is -0.393 e. The number of amides is 2. The summed E-state index contributed by atoms with van der Waals surface area (Å²) >= 11 is 1.44. The van der Waals surface area contributed by atoms with Crippen LogP contribution in [0, 0.1) is 5.41 Å². The number of thiazole rings is 1. The molecule has 0 aromatic carbocycles. The van der Waals surface area contributed by atoms with Crippen molar-refractivity contribution in [2.45, 2.75) is 46.6 Å².